The van der Waals surface area contributed by atoms with Gasteiger partial charge in [-0.1, -0.05) is 17.7 Å². The molecule has 0 aliphatic rings. The third kappa shape index (κ3) is 3.88. The SMILES string of the molecule is NS(=O)(=O)c1ccc(CNc2nccn3c(-c4ccc(O)cc4)cnc23)c(Cl)c1. The smallest absolute Gasteiger partial charge is 0.238 e. The summed E-state index contributed by atoms with van der Waals surface area (Å²) in [5, 5.41) is 18.1. The van der Waals surface area contributed by atoms with Gasteiger partial charge in [0.2, 0.25) is 10.0 Å². The van der Waals surface area contributed by atoms with Crippen molar-refractivity contribution in [2.24, 2.45) is 5.14 Å². The topological polar surface area (TPSA) is 123 Å². The van der Waals surface area contributed by atoms with E-state index in [4.69, 9.17) is 16.7 Å². The molecule has 148 valence electrons. The maximum atomic E-state index is 11.4. The number of fused-ring (bicyclic) bond motifs is 1. The number of aromatic hydroxyl groups is 1. The first-order valence-electron chi connectivity index (χ1n) is 8.49. The summed E-state index contributed by atoms with van der Waals surface area (Å²) in [5.41, 5.74) is 3.05. The zero-order chi connectivity index (χ0) is 20.6. The van der Waals surface area contributed by atoms with Crippen molar-refractivity contribution in [3.63, 3.8) is 0 Å². The Kier molecular flexibility index (Phi) is 4.87. The van der Waals surface area contributed by atoms with Gasteiger partial charge in [0.05, 0.1) is 16.8 Å². The Labute approximate surface area is 171 Å². The lowest BCUT2D eigenvalue weighted by molar-refractivity contribution is 0.475. The van der Waals surface area contributed by atoms with Gasteiger partial charge < -0.3 is 10.4 Å². The molecule has 2 aromatic heterocycles. The number of phenols is 1. The average Bonchev–Trinajstić information content (AvgIpc) is 3.11. The first-order valence-corrected chi connectivity index (χ1v) is 10.4. The molecule has 0 aliphatic carbocycles. The van der Waals surface area contributed by atoms with Crippen LogP contribution in [0.3, 0.4) is 0 Å². The summed E-state index contributed by atoms with van der Waals surface area (Å²) in [6, 6.07) is 11.2. The Morgan fingerprint density at radius 1 is 1.14 bits per heavy atom. The van der Waals surface area contributed by atoms with Crippen molar-refractivity contribution in [1.29, 1.82) is 0 Å². The van der Waals surface area contributed by atoms with Crippen LogP contribution in [0.1, 0.15) is 5.56 Å². The van der Waals surface area contributed by atoms with Crippen LogP contribution in [-0.4, -0.2) is 27.9 Å². The Bertz CT molecular complexity index is 1300. The second-order valence-corrected chi connectivity index (χ2v) is 8.28. The number of nitrogens with one attached hydrogen (secondary N) is 1. The van der Waals surface area contributed by atoms with E-state index in [0.717, 1.165) is 11.3 Å². The van der Waals surface area contributed by atoms with Crippen LogP contribution in [0.5, 0.6) is 5.75 Å². The van der Waals surface area contributed by atoms with Crippen molar-refractivity contribution in [3.8, 4) is 17.0 Å². The highest BCUT2D eigenvalue weighted by Gasteiger charge is 2.13. The number of benzene rings is 2. The third-order valence-corrected chi connectivity index (χ3v) is 5.65. The van der Waals surface area contributed by atoms with Crippen molar-refractivity contribution in [1.82, 2.24) is 14.4 Å². The third-order valence-electron chi connectivity index (χ3n) is 4.39. The van der Waals surface area contributed by atoms with Crippen LogP contribution in [0, 0.1) is 0 Å². The van der Waals surface area contributed by atoms with Gasteiger partial charge in [0, 0.05) is 29.5 Å². The minimum Gasteiger partial charge on any atom is -0.508 e. The van der Waals surface area contributed by atoms with Gasteiger partial charge in [0.25, 0.3) is 0 Å². The highest BCUT2D eigenvalue weighted by atomic mass is 35.5. The van der Waals surface area contributed by atoms with Gasteiger partial charge in [-0.05, 0) is 42.0 Å². The fourth-order valence-electron chi connectivity index (χ4n) is 2.92. The van der Waals surface area contributed by atoms with Crippen LogP contribution in [0.25, 0.3) is 16.9 Å². The number of rotatable bonds is 5. The van der Waals surface area contributed by atoms with Gasteiger partial charge in [-0.15, -0.1) is 0 Å². The fraction of sp³-hybridized carbons (Fsp3) is 0.0526. The lowest BCUT2D eigenvalue weighted by Gasteiger charge is -2.10. The molecule has 0 bridgehead atoms. The molecule has 0 unspecified atom stereocenters. The van der Waals surface area contributed by atoms with E-state index in [0.29, 0.717) is 23.6 Å². The second kappa shape index (κ2) is 7.36. The number of hydrogen-bond donors (Lipinski definition) is 3. The molecule has 0 spiro atoms. The van der Waals surface area contributed by atoms with Crippen LogP contribution in [0.2, 0.25) is 5.02 Å². The Morgan fingerprint density at radius 2 is 1.90 bits per heavy atom. The van der Waals surface area contributed by atoms with E-state index in [9.17, 15) is 13.5 Å². The molecule has 0 radical (unpaired) electrons. The maximum absolute atomic E-state index is 11.4. The lowest BCUT2D eigenvalue weighted by atomic mass is 10.1. The molecule has 0 atom stereocenters. The summed E-state index contributed by atoms with van der Waals surface area (Å²) in [5.74, 6) is 0.737. The van der Waals surface area contributed by atoms with Gasteiger partial charge in [-0.25, -0.2) is 23.5 Å². The molecule has 0 saturated heterocycles. The summed E-state index contributed by atoms with van der Waals surface area (Å²) < 4.78 is 24.7. The molecule has 2 heterocycles. The first kappa shape index (κ1) is 19.2. The molecule has 10 heteroatoms. The molecule has 4 aromatic rings. The van der Waals surface area contributed by atoms with Crippen molar-refractivity contribution >= 4 is 33.1 Å². The van der Waals surface area contributed by atoms with Crippen LogP contribution in [-0.2, 0) is 16.6 Å². The van der Waals surface area contributed by atoms with Crippen molar-refractivity contribution in [2.75, 3.05) is 5.32 Å². The van der Waals surface area contributed by atoms with Gasteiger partial charge in [-0.3, -0.25) is 4.40 Å². The predicted molar refractivity (Wildman–Crippen MR) is 110 cm³/mol. The molecule has 4 N–H and O–H groups in total. The van der Waals surface area contributed by atoms with E-state index >= 15 is 0 Å². The highest BCUT2D eigenvalue weighted by molar-refractivity contribution is 7.89. The van der Waals surface area contributed by atoms with Gasteiger partial charge in [-0.2, -0.15) is 0 Å². The van der Waals surface area contributed by atoms with Crippen LogP contribution in [0.15, 0.2) is 66.0 Å². The number of sulfonamides is 1. The maximum Gasteiger partial charge on any atom is 0.238 e. The van der Waals surface area contributed by atoms with Crippen LogP contribution >= 0.6 is 11.6 Å². The molecule has 4 rings (SSSR count). The number of nitrogens with zero attached hydrogens (tertiary/aromatic N) is 3. The molecule has 8 nitrogen and oxygen atoms in total. The zero-order valence-corrected chi connectivity index (χ0v) is 16.5. The summed E-state index contributed by atoms with van der Waals surface area (Å²) >= 11 is 6.20. The lowest BCUT2D eigenvalue weighted by Crippen LogP contribution is -2.12. The number of anilines is 1. The number of primary sulfonamides is 1. The summed E-state index contributed by atoms with van der Waals surface area (Å²) in [7, 11) is -3.81. The number of nitrogens with two attached hydrogens (primary N) is 1. The first-order chi connectivity index (χ1) is 13.8. The minimum atomic E-state index is -3.81. The molecular weight excluding hydrogens is 414 g/mol. The molecule has 0 saturated carbocycles. The molecule has 0 fully saturated rings. The quantitative estimate of drug-likeness (QED) is 0.448. The standard InChI is InChI=1S/C19H16ClN5O3S/c20-16-9-15(29(21,27)28)6-3-13(16)10-23-18-19-24-11-17(25(19)8-7-22-18)12-1-4-14(26)5-2-12/h1-9,11,26H,10H2,(H,22,23)(H2,21,27,28). The van der Waals surface area contributed by atoms with Crippen molar-refractivity contribution in [2.45, 2.75) is 11.4 Å². The molecule has 2 aromatic carbocycles. The van der Waals surface area contributed by atoms with E-state index < -0.39 is 10.0 Å². The predicted octanol–water partition coefficient (Wildman–Crippen LogP) is 3.01. The summed E-state index contributed by atoms with van der Waals surface area (Å²) in [6.07, 6.45) is 5.17. The van der Waals surface area contributed by atoms with E-state index in [1.165, 1.54) is 12.1 Å². The summed E-state index contributed by atoms with van der Waals surface area (Å²) in [4.78, 5) is 8.74. The Balaban J connectivity index is 1.62. The van der Waals surface area contributed by atoms with E-state index in [2.05, 4.69) is 15.3 Å². The normalized spacial score (nSPS) is 11.7. The van der Waals surface area contributed by atoms with Crippen molar-refractivity contribution < 1.29 is 13.5 Å². The number of halogens is 1. The monoisotopic (exact) mass is 429 g/mol. The van der Waals surface area contributed by atoms with E-state index in [1.807, 2.05) is 4.40 Å². The van der Waals surface area contributed by atoms with Gasteiger partial charge in [0.15, 0.2) is 11.5 Å². The number of aromatic nitrogens is 3. The Hall–Kier alpha value is -3.14. The zero-order valence-electron chi connectivity index (χ0n) is 14.9. The largest absolute Gasteiger partial charge is 0.508 e. The van der Waals surface area contributed by atoms with E-state index in [1.54, 1.807) is 48.9 Å². The Morgan fingerprint density at radius 3 is 2.59 bits per heavy atom. The number of imidazole rings is 1. The van der Waals surface area contributed by atoms with Crippen LogP contribution in [0.4, 0.5) is 5.82 Å². The average molecular weight is 430 g/mol. The molecule has 0 aliphatic heterocycles. The molecule has 0 amide bonds. The molecule has 29 heavy (non-hydrogen) atoms. The van der Waals surface area contributed by atoms with Gasteiger partial charge >= 0.3 is 0 Å². The number of hydrogen-bond acceptors (Lipinski definition) is 6. The minimum absolute atomic E-state index is 0.0433. The van der Waals surface area contributed by atoms with Crippen molar-refractivity contribution in [3.05, 3.63) is 71.6 Å². The highest BCUT2D eigenvalue weighted by Crippen LogP contribution is 2.26. The second-order valence-electron chi connectivity index (χ2n) is 6.31. The van der Waals surface area contributed by atoms with E-state index in [-0.39, 0.29) is 15.7 Å². The van der Waals surface area contributed by atoms with Gasteiger partial charge in [0.1, 0.15) is 5.75 Å². The summed E-state index contributed by atoms with van der Waals surface area (Å²) in [6.45, 7) is 0.317. The number of phenolic OH excluding ortho intramolecular Hbond substituents is 1. The van der Waals surface area contributed by atoms with Crippen LogP contribution < -0.4 is 10.5 Å². The fourth-order valence-corrected chi connectivity index (χ4v) is 3.77. The molecular formula is C19H16ClN5O3S.